The first-order chi connectivity index (χ1) is 17.4. The van der Waals surface area contributed by atoms with Crippen molar-refractivity contribution < 1.29 is 13.2 Å². The van der Waals surface area contributed by atoms with Crippen molar-refractivity contribution in [2.45, 2.75) is 30.8 Å². The molecule has 0 spiro atoms. The van der Waals surface area contributed by atoms with Gasteiger partial charge in [-0.05, 0) is 43.5 Å². The van der Waals surface area contributed by atoms with Crippen LogP contribution in [0.4, 0.5) is 11.4 Å². The number of ether oxygens (including phenoxy) is 1. The molecule has 1 aromatic heterocycles. The summed E-state index contributed by atoms with van der Waals surface area (Å²) < 4.78 is 35.1. The van der Waals surface area contributed by atoms with E-state index in [0.29, 0.717) is 54.7 Å². The lowest BCUT2D eigenvalue weighted by Gasteiger charge is -2.36. The van der Waals surface area contributed by atoms with Crippen LogP contribution in [0.1, 0.15) is 18.4 Å². The third kappa shape index (κ3) is 4.88. The standard InChI is InChI=1S/C26H31N5O4S/c1-20-8-5-6-12-24(20)36(33,34)30-15-13-29(14-16-30)23-19-28-31(21-9-3-2-4-10-21)26(32)25(23)27-18-22-11-7-17-35-22/h2-6,8-10,12,19,22,27H,7,11,13-18H2,1H3. The Morgan fingerprint density at radius 3 is 2.44 bits per heavy atom. The third-order valence-electron chi connectivity index (χ3n) is 6.78. The van der Waals surface area contributed by atoms with E-state index in [0.717, 1.165) is 25.0 Å². The van der Waals surface area contributed by atoms with Gasteiger partial charge >= 0.3 is 0 Å². The summed E-state index contributed by atoms with van der Waals surface area (Å²) in [7, 11) is -3.59. The van der Waals surface area contributed by atoms with Gasteiger partial charge in [-0.2, -0.15) is 14.1 Å². The maximum Gasteiger partial charge on any atom is 0.296 e. The van der Waals surface area contributed by atoms with Crippen LogP contribution in [-0.2, 0) is 14.8 Å². The van der Waals surface area contributed by atoms with Crippen LogP contribution in [0.15, 0.2) is 70.5 Å². The minimum Gasteiger partial charge on any atom is -0.376 e. The number of aromatic nitrogens is 2. The lowest BCUT2D eigenvalue weighted by molar-refractivity contribution is 0.120. The summed E-state index contributed by atoms with van der Waals surface area (Å²) in [6.07, 6.45) is 3.72. The number of nitrogens with zero attached hydrogens (tertiary/aromatic N) is 4. The van der Waals surface area contributed by atoms with Gasteiger partial charge in [0.2, 0.25) is 10.0 Å². The van der Waals surface area contributed by atoms with Crippen molar-refractivity contribution in [3.05, 3.63) is 76.7 Å². The van der Waals surface area contributed by atoms with Crippen molar-refractivity contribution >= 4 is 21.4 Å². The zero-order valence-corrected chi connectivity index (χ0v) is 21.2. The fourth-order valence-corrected chi connectivity index (χ4v) is 6.43. The molecule has 0 radical (unpaired) electrons. The normalized spacial score (nSPS) is 18.9. The van der Waals surface area contributed by atoms with Gasteiger partial charge in [-0.3, -0.25) is 4.79 Å². The summed E-state index contributed by atoms with van der Waals surface area (Å²) in [6, 6.07) is 16.3. The maximum absolute atomic E-state index is 13.5. The van der Waals surface area contributed by atoms with Gasteiger partial charge in [-0.25, -0.2) is 8.42 Å². The van der Waals surface area contributed by atoms with Crippen LogP contribution in [0, 0.1) is 6.92 Å². The Hall–Kier alpha value is -3.21. The van der Waals surface area contributed by atoms with Crippen molar-refractivity contribution in [1.29, 1.82) is 0 Å². The summed E-state index contributed by atoms with van der Waals surface area (Å²) in [5.74, 6) is 0. The lowest BCUT2D eigenvalue weighted by Crippen LogP contribution is -2.49. The summed E-state index contributed by atoms with van der Waals surface area (Å²) in [4.78, 5) is 15.9. The highest BCUT2D eigenvalue weighted by molar-refractivity contribution is 7.89. The Kier molecular flexibility index (Phi) is 7.08. The molecule has 1 N–H and O–H groups in total. The van der Waals surface area contributed by atoms with Crippen LogP contribution < -0.4 is 15.8 Å². The Morgan fingerprint density at radius 1 is 1.03 bits per heavy atom. The van der Waals surface area contributed by atoms with Gasteiger partial charge in [0.05, 0.1) is 28.6 Å². The molecule has 1 atom stereocenters. The van der Waals surface area contributed by atoms with E-state index in [4.69, 9.17) is 4.74 Å². The van der Waals surface area contributed by atoms with Gasteiger partial charge in [-0.1, -0.05) is 36.4 Å². The van der Waals surface area contributed by atoms with Crippen LogP contribution in [0.25, 0.3) is 5.69 Å². The highest BCUT2D eigenvalue weighted by atomic mass is 32.2. The van der Waals surface area contributed by atoms with E-state index < -0.39 is 10.0 Å². The minimum atomic E-state index is -3.59. The third-order valence-corrected chi connectivity index (χ3v) is 8.84. The second kappa shape index (κ2) is 10.4. The molecule has 2 fully saturated rings. The first-order valence-corrected chi connectivity index (χ1v) is 13.7. The highest BCUT2D eigenvalue weighted by Gasteiger charge is 2.31. The number of para-hydroxylation sites is 1. The van der Waals surface area contributed by atoms with Gasteiger partial charge in [0, 0.05) is 39.3 Å². The number of rotatable bonds is 7. The van der Waals surface area contributed by atoms with Crippen LogP contribution in [-0.4, -0.2) is 67.9 Å². The van der Waals surface area contributed by atoms with E-state index in [9.17, 15) is 13.2 Å². The van der Waals surface area contributed by atoms with Crippen LogP contribution >= 0.6 is 0 Å². The van der Waals surface area contributed by atoms with E-state index in [1.807, 2.05) is 54.3 Å². The Labute approximate surface area is 211 Å². The van der Waals surface area contributed by atoms with Crippen molar-refractivity contribution in [2.75, 3.05) is 49.5 Å². The number of hydrogen-bond donors (Lipinski definition) is 1. The van der Waals surface area contributed by atoms with E-state index in [1.165, 1.54) is 8.99 Å². The molecule has 0 saturated carbocycles. The van der Waals surface area contributed by atoms with Gasteiger partial charge in [0.15, 0.2) is 0 Å². The molecular formula is C26H31N5O4S. The summed E-state index contributed by atoms with van der Waals surface area (Å²) in [5, 5.41) is 7.78. The number of benzene rings is 2. The number of piperazine rings is 1. The highest BCUT2D eigenvalue weighted by Crippen LogP contribution is 2.27. The summed E-state index contributed by atoms with van der Waals surface area (Å²) in [5.41, 5.74) is 2.31. The summed E-state index contributed by atoms with van der Waals surface area (Å²) in [6.45, 7) is 4.63. The average Bonchev–Trinajstić information content (AvgIpc) is 3.42. The van der Waals surface area contributed by atoms with E-state index >= 15 is 0 Å². The zero-order valence-electron chi connectivity index (χ0n) is 20.3. The molecule has 3 heterocycles. The number of nitrogens with one attached hydrogen (secondary N) is 1. The van der Waals surface area contributed by atoms with Gasteiger partial charge < -0.3 is 15.0 Å². The molecule has 0 amide bonds. The minimum absolute atomic E-state index is 0.0618. The van der Waals surface area contributed by atoms with Gasteiger partial charge in [0.1, 0.15) is 5.69 Å². The number of anilines is 2. The molecule has 2 saturated heterocycles. The molecule has 9 nitrogen and oxygen atoms in total. The predicted octanol–water partition coefficient (Wildman–Crippen LogP) is 2.64. The average molecular weight is 510 g/mol. The molecule has 0 bridgehead atoms. The second-order valence-electron chi connectivity index (χ2n) is 9.13. The fourth-order valence-electron chi connectivity index (χ4n) is 4.78. The largest absolute Gasteiger partial charge is 0.376 e. The van der Waals surface area contributed by atoms with E-state index in [-0.39, 0.29) is 11.7 Å². The second-order valence-corrected chi connectivity index (χ2v) is 11.0. The lowest BCUT2D eigenvalue weighted by atomic mass is 10.2. The topological polar surface area (TPSA) is 96.8 Å². The monoisotopic (exact) mass is 509 g/mol. The zero-order chi connectivity index (χ0) is 25.1. The number of aryl methyl sites for hydroxylation is 1. The molecular weight excluding hydrogens is 478 g/mol. The predicted molar refractivity (Wildman–Crippen MR) is 139 cm³/mol. The maximum atomic E-state index is 13.5. The molecule has 36 heavy (non-hydrogen) atoms. The van der Waals surface area contributed by atoms with Crippen LogP contribution in [0.2, 0.25) is 0 Å². The van der Waals surface area contributed by atoms with Crippen molar-refractivity contribution in [3.8, 4) is 5.69 Å². The Morgan fingerprint density at radius 2 is 1.75 bits per heavy atom. The first-order valence-electron chi connectivity index (χ1n) is 12.3. The van der Waals surface area contributed by atoms with Crippen molar-refractivity contribution in [2.24, 2.45) is 0 Å². The Balaban J connectivity index is 1.40. The van der Waals surface area contributed by atoms with E-state index in [1.54, 1.807) is 18.3 Å². The van der Waals surface area contributed by atoms with Crippen LogP contribution in [0.5, 0.6) is 0 Å². The number of sulfonamides is 1. The van der Waals surface area contributed by atoms with E-state index in [2.05, 4.69) is 10.4 Å². The molecule has 2 aliphatic heterocycles. The van der Waals surface area contributed by atoms with Crippen molar-refractivity contribution in [1.82, 2.24) is 14.1 Å². The first kappa shape index (κ1) is 24.5. The fraction of sp³-hybridized carbons (Fsp3) is 0.385. The molecule has 1 unspecified atom stereocenters. The molecule has 3 aromatic rings. The van der Waals surface area contributed by atoms with Crippen molar-refractivity contribution in [3.63, 3.8) is 0 Å². The molecule has 0 aliphatic carbocycles. The van der Waals surface area contributed by atoms with Gasteiger partial charge in [-0.15, -0.1) is 0 Å². The SMILES string of the molecule is Cc1ccccc1S(=O)(=O)N1CCN(c2cnn(-c3ccccc3)c(=O)c2NCC2CCCO2)CC1. The molecule has 2 aliphatic rings. The molecule has 5 rings (SSSR count). The van der Waals surface area contributed by atoms with Gasteiger partial charge in [0.25, 0.3) is 5.56 Å². The Bertz CT molecular complexity index is 1360. The molecule has 2 aromatic carbocycles. The molecule has 190 valence electrons. The number of hydrogen-bond acceptors (Lipinski definition) is 7. The quantitative estimate of drug-likeness (QED) is 0.523. The summed E-state index contributed by atoms with van der Waals surface area (Å²) >= 11 is 0. The molecule has 10 heteroatoms. The van der Waals surface area contributed by atoms with Crippen LogP contribution in [0.3, 0.4) is 0 Å². The smallest absolute Gasteiger partial charge is 0.296 e.